The van der Waals surface area contributed by atoms with Gasteiger partial charge in [0, 0.05) is 0 Å². The van der Waals surface area contributed by atoms with Crippen LogP contribution in [0.3, 0.4) is 0 Å². The molecule has 0 bridgehead atoms. The number of allylic oxidation sites excluding steroid dienone is 2. The predicted octanol–water partition coefficient (Wildman–Crippen LogP) is 6.61. The molecule has 2 heteroatoms. The molecule has 20 heavy (non-hydrogen) atoms. The summed E-state index contributed by atoms with van der Waals surface area (Å²) < 4.78 is 8.05. The molecular weight excluding hydrogens is 351 g/mol. The van der Waals surface area contributed by atoms with Gasteiger partial charge in [0.2, 0.25) is 0 Å². The maximum absolute atomic E-state index is 4.77. The second-order valence-electron chi connectivity index (χ2n) is 5.05. The minimum atomic E-state index is 0.0553. The van der Waals surface area contributed by atoms with Crippen molar-refractivity contribution in [3.8, 4) is 0 Å². The van der Waals surface area contributed by atoms with Crippen LogP contribution in [0.5, 0.6) is 0 Å². The van der Waals surface area contributed by atoms with Crippen LogP contribution < -0.4 is 0 Å². The van der Waals surface area contributed by atoms with Gasteiger partial charge in [-0.3, -0.25) is 0 Å². The summed E-state index contributed by atoms with van der Waals surface area (Å²) in [5.74, 6) is 1.10. The first-order valence-electron chi connectivity index (χ1n) is 8.35. The van der Waals surface area contributed by atoms with Gasteiger partial charge in [-0.1, -0.05) is 12.2 Å². The third-order valence-electron chi connectivity index (χ3n) is 3.11. The van der Waals surface area contributed by atoms with E-state index in [0.29, 0.717) is 0 Å². The van der Waals surface area contributed by atoms with Gasteiger partial charge in [0.25, 0.3) is 0 Å². The zero-order valence-corrected chi connectivity index (χ0v) is 17.3. The van der Waals surface area contributed by atoms with Crippen molar-refractivity contribution in [3.63, 3.8) is 0 Å². The van der Waals surface area contributed by atoms with E-state index in [2.05, 4.69) is 20.8 Å². The summed E-state index contributed by atoms with van der Waals surface area (Å²) in [6.07, 6.45) is 15.6. The van der Waals surface area contributed by atoms with Gasteiger partial charge in [0.15, 0.2) is 0 Å². The van der Waals surface area contributed by atoms with Crippen LogP contribution in [-0.2, 0) is 4.74 Å². The molecule has 0 saturated heterocycles. The Bertz CT molecular complexity index is 201. The summed E-state index contributed by atoms with van der Waals surface area (Å²) in [5.41, 5.74) is 0. The second-order valence-corrected chi connectivity index (χ2v) is 9.07. The molecule has 0 spiro atoms. The molecule has 0 heterocycles. The van der Waals surface area contributed by atoms with Crippen molar-refractivity contribution in [1.29, 1.82) is 0 Å². The molecule has 0 aromatic rings. The Labute approximate surface area is 138 Å². The third-order valence-corrected chi connectivity index (χ3v) is 7.60. The molecule has 0 aliphatic carbocycles. The second kappa shape index (κ2) is 21.4. The summed E-state index contributed by atoms with van der Waals surface area (Å²) in [7, 11) is 0. The standard InChI is InChI=1S/C8H17.C6H10O.C4H9.Sn/c1-4-6-7-8(3)5-2;1-3-5-7-6-4-2;1-3-4-2;/h8H,3-7H2,1-2H3;3-6H,1-2H3;1,3-4H2,2H3;. The Kier molecular flexibility index (Phi) is 23.9. The van der Waals surface area contributed by atoms with E-state index in [-0.39, 0.29) is 21.1 Å². The van der Waals surface area contributed by atoms with Gasteiger partial charge in [0.05, 0.1) is 12.5 Å². The maximum atomic E-state index is 4.77. The molecule has 1 atom stereocenters. The Morgan fingerprint density at radius 3 is 2.00 bits per heavy atom. The molecule has 0 aromatic heterocycles. The Morgan fingerprint density at radius 2 is 1.55 bits per heavy atom. The van der Waals surface area contributed by atoms with Crippen molar-refractivity contribution >= 4 is 21.1 Å². The topological polar surface area (TPSA) is 9.23 Å². The molecule has 0 rings (SSSR count). The summed E-state index contributed by atoms with van der Waals surface area (Å²) in [6, 6.07) is 0. The SMILES string of the molecule is CC=COC=CC.CCC[CH2][Sn][CH2]C(CC)CCCC. The fraction of sp³-hybridized carbons (Fsp3) is 0.778. The predicted molar refractivity (Wildman–Crippen MR) is 94.3 cm³/mol. The van der Waals surface area contributed by atoms with Crippen LogP contribution in [0.2, 0.25) is 8.87 Å². The van der Waals surface area contributed by atoms with Crippen LogP contribution in [0.4, 0.5) is 0 Å². The Morgan fingerprint density at radius 1 is 0.950 bits per heavy atom. The van der Waals surface area contributed by atoms with Crippen molar-refractivity contribution in [2.24, 2.45) is 5.92 Å². The molecular formula is C18H36OSn. The van der Waals surface area contributed by atoms with E-state index in [1.165, 1.54) is 38.5 Å². The minimum absolute atomic E-state index is 0.0553. The van der Waals surface area contributed by atoms with Crippen LogP contribution in [0, 0.1) is 5.92 Å². The number of hydrogen-bond acceptors (Lipinski definition) is 1. The van der Waals surface area contributed by atoms with Crippen LogP contribution in [-0.4, -0.2) is 21.1 Å². The molecule has 1 nitrogen and oxygen atoms in total. The number of rotatable bonds is 11. The molecule has 0 fully saturated rings. The van der Waals surface area contributed by atoms with E-state index in [4.69, 9.17) is 4.74 Å². The fourth-order valence-electron chi connectivity index (χ4n) is 1.75. The van der Waals surface area contributed by atoms with E-state index < -0.39 is 0 Å². The van der Waals surface area contributed by atoms with Crippen molar-refractivity contribution < 1.29 is 4.74 Å². The molecule has 2 radical (unpaired) electrons. The third kappa shape index (κ3) is 20.4. The summed E-state index contributed by atoms with van der Waals surface area (Å²) >= 11 is 0.0553. The first-order valence-corrected chi connectivity index (χ1v) is 12.4. The molecule has 118 valence electrons. The molecule has 0 aliphatic heterocycles. The van der Waals surface area contributed by atoms with Gasteiger partial charge in [-0.15, -0.1) is 0 Å². The van der Waals surface area contributed by atoms with Gasteiger partial charge < -0.3 is 4.74 Å². The number of unbranched alkanes of at least 4 members (excludes halogenated alkanes) is 2. The van der Waals surface area contributed by atoms with Crippen LogP contribution in [0.15, 0.2) is 24.7 Å². The van der Waals surface area contributed by atoms with Crippen LogP contribution >= 0.6 is 0 Å². The van der Waals surface area contributed by atoms with Gasteiger partial charge >= 0.3 is 95.2 Å². The molecule has 0 aromatic carbocycles. The molecule has 0 saturated carbocycles. The van der Waals surface area contributed by atoms with E-state index in [1.807, 2.05) is 26.0 Å². The normalized spacial score (nSPS) is 12.4. The summed E-state index contributed by atoms with van der Waals surface area (Å²) in [6.45, 7) is 10.8. The summed E-state index contributed by atoms with van der Waals surface area (Å²) in [5, 5.41) is 0. The van der Waals surface area contributed by atoms with Crippen LogP contribution in [0.25, 0.3) is 0 Å². The quantitative estimate of drug-likeness (QED) is 0.220. The summed E-state index contributed by atoms with van der Waals surface area (Å²) in [4.78, 5) is 0. The molecule has 1 unspecified atom stereocenters. The van der Waals surface area contributed by atoms with Gasteiger partial charge in [-0.05, 0) is 13.8 Å². The van der Waals surface area contributed by atoms with E-state index in [0.717, 1.165) is 5.92 Å². The monoisotopic (exact) mass is 388 g/mol. The van der Waals surface area contributed by atoms with Crippen LogP contribution in [0.1, 0.15) is 73.1 Å². The first-order chi connectivity index (χ1) is 9.76. The van der Waals surface area contributed by atoms with Gasteiger partial charge in [0.1, 0.15) is 0 Å². The zero-order chi connectivity index (χ0) is 15.5. The number of ether oxygens (including phenoxy) is 1. The zero-order valence-electron chi connectivity index (χ0n) is 14.5. The molecule has 0 aliphatic rings. The van der Waals surface area contributed by atoms with E-state index in [1.54, 1.807) is 21.4 Å². The van der Waals surface area contributed by atoms with Crippen molar-refractivity contribution in [2.45, 2.75) is 82.0 Å². The van der Waals surface area contributed by atoms with E-state index in [9.17, 15) is 0 Å². The molecule has 0 N–H and O–H groups in total. The van der Waals surface area contributed by atoms with Crippen molar-refractivity contribution in [2.75, 3.05) is 0 Å². The van der Waals surface area contributed by atoms with Crippen molar-refractivity contribution in [1.82, 2.24) is 0 Å². The fourth-order valence-corrected chi connectivity index (χ4v) is 6.63. The first kappa shape index (κ1) is 22.4. The average molecular weight is 387 g/mol. The van der Waals surface area contributed by atoms with E-state index >= 15 is 0 Å². The average Bonchev–Trinajstić information content (AvgIpc) is 2.48. The Hall–Kier alpha value is 0.0787. The number of hydrogen-bond donors (Lipinski definition) is 0. The Balaban J connectivity index is 0. The van der Waals surface area contributed by atoms with Gasteiger partial charge in [-0.2, -0.15) is 0 Å². The van der Waals surface area contributed by atoms with Gasteiger partial charge in [-0.25, -0.2) is 0 Å². The molecule has 0 amide bonds. The van der Waals surface area contributed by atoms with Crippen molar-refractivity contribution in [3.05, 3.63) is 24.7 Å².